The number of hydrogen-bond acceptors (Lipinski definition) is 6. The molecule has 3 N–H and O–H groups in total. The van der Waals surface area contributed by atoms with Crippen molar-refractivity contribution in [2.45, 2.75) is 10.1 Å². The van der Waals surface area contributed by atoms with Crippen molar-refractivity contribution in [3.63, 3.8) is 0 Å². The molecule has 11 heteroatoms. The number of hydrogen-bond donors (Lipinski definition) is 2. The van der Waals surface area contributed by atoms with Crippen LogP contribution in [0, 0.1) is 0 Å². The lowest BCUT2D eigenvalue weighted by atomic mass is 10.1. The Hall–Kier alpha value is -3.70. The molecule has 0 aliphatic heterocycles. The predicted octanol–water partition coefficient (Wildman–Crippen LogP) is 4.57. The zero-order valence-electron chi connectivity index (χ0n) is 19.1. The van der Waals surface area contributed by atoms with Crippen LogP contribution in [0.25, 0.3) is 27.4 Å². The number of rotatable bonds is 6. The van der Waals surface area contributed by atoms with Crippen LogP contribution in [-0.4, -0.2) is 29.6 Å². The van der Waals surface area contributed by atoms with E-state index in [1.54, 1.807) is 30.3 Å². The highest BCUT2D eigenvalue weighted by Crippen LogP contribution is 2.26. The molecule has 5 aromatic rings. The van der Waals surface area contributed by atoms with Crippen LogP contribution >= 0.6 is 23.4 Å². The summed E-state index contributed by atoms with van der Waals surface area (Å²) >= 11 is 7.21. The van der Waals surface area contributed by atoms with Crippen LogP contribution in [0.15, 0.2) is 99.8 Å². The van der Waals surface area contributed by atoms with Gasteiger partial charge < -0.3 is 5.32 Å². The number of primary sulfonamides is 1. The third-order valence-electron chi connectivity index (χ3n) is 5.61. The van der Waals surface area contributed by atoms with Crippen molar-refractivity contribution < 1.29 is 13.2 Å². The van der Waals surface area contributed by atoms with Crippen molar-refractivity contribution in [1.82, 2.24) is 9.55 Å². The van der Waals surface area contributed by atoms with Gasteiger partial charge in [0.05, 0.1) is 37.9 Å². The van der Waals surface area contributed by atoms with Gasteiger partial charge >= 0.3 is 0 Å². The molecule has 0 radical (unpaired) electrons. The number of halogens is 1. The Morgan fingerprint density at radius 3 is 2.30 bits per heavy atom. The van der Waals surface area contributed by atoms with E-state index >= 15 is 0 Å². The molecule has 0 saturated heterocycles. The normalized spacial score (nSPS) is 11.6. The smallest absolute Gasteiger partial charge is 0.266 e. The highest BCUT2D eigenvalue weighted by Gasteiger charge is 2.17. The molecule has 1 aromatic heterocycles. The molecular weight excluding hydrogens is 532 g/mol. The Kier molecular flexibility index (Phi) is 6.74. The van der Waals surface area contributed by atoms with E-state index in [0.717, 1.165) is 22.5 Å². The maximum absolute atomic E-state index is 13.7. The van der Waals surface area contributed by atoms with Crippen molar-refractivity contribution >= 4 is 66.7 Å². The Balaban J connectivity index is 1.59. The van der Waals surface area contributed by atoms with Crippen LogP contribution in [0.5, 0.6) is 0 Å². The standard InChI is InChI=1S/C26H19ClN4O4S2/c27-21-7-3-4-8-22(21)29-24(32)15-36-26-30-23-14-17-6-2-1-5-16(17)13-20(23)25(33)31(26)18-9-11-19(12-10-18)37(28,34)35/h1-14H,15H2,(H,29,32)(H2,28,34,35). The zero-order chi connectivity index (χ0) is 26.2. The van der Waals surface area contributed by atoms with Crippen molar-refractivity contribution in [2.24, 2.45) is 5.14 Å². The molecule has 37 heavy (non-hydrogen) atoms. The van der Waals surface area contributed by atoms with Crippen molar-refractivity contribution in [3.05, 3.63) is 100 Å². The first kappa shape index (κ1) is 25.0. The van der Waals surface area contributed by atoms with Crippen molar-refractivity contribution in [2.75, 3.05) is 11.1 Å². The molecular formula is C26H19ClN4O4S2. The van der Waals surface area contributed by atoms with E-state index in [9.17, 15) is 18.0 Å². The Morgan fingerprint density at radius 1 is 0.973 bits per heavy atom. The molecule has 1 amide bonds. The lowest BCUT2D eigenvalue weighted by molar-refractivity contribution is -0.113. The second-order valence-corrected chi connectivity index (χ2v) is 11.0. The molecule has 186 valence electrons. The van der Waals surface area contributed by atoms with Crippen molar-refractivity contribution in [3.8, 4) is 5.69 Å². The van der Waals surface area contributed by atoms with Gasteiger partial charge in [-0.3, -0.25) is 14.2 Å². The number of nitrogens with two attached hydrogens (primary N) is 1. The molecule has 0 fully saturated rings. The minimum Gasteiger partial charge on any atom is -0.324 e. The maximum Gasteiger partial charge on any atom is 0.266 e. The molecule has 4 aromatic carbocycles. The van der Waals surface area contributed by atoms with E-state index < -0.39 is 10.0 Å². The zero-order valence-corrected chi connectivity index (χ0v) is 21.5. The predicted molar refractivity (Wildman–Crippen MR) is 147 cm³/mol. The fourth-order valence-electron chi connectivity index (χ4n) is 3.84. The monoisotopic (exact) mass is 550 g/mol. The maximum atomic E-state index is 13.7. The number of carbonyl (C=O) groups is 1. The number of benzene rings is 4. The topological polar surface area (TPSA) is 124 Å². The number of carbonyl (C=O) groups excluding carboxylic acids is 1. The van der Waals surface area contributed by atoms with Gasteiger partial charge in [0.15, 0.2) is 5.16 Å². The van der Waals surface area contributed by atoms with Gasteiger partial charge in [0.25, 0.3) is 5.56 Å². The van der Waals surface area contributed by atoms with Gasteiger partial charge in [-0.05, 0) is 59.3 Å². The summed E-state index contributed by atoms with van der Waals surface area (Å²) in [5.41, 5.74) is 0.987. The largest absolute Gasteiger partial charge is 0.324 e. The number of fused-ring (bicyclic) bond motifs is 2. The minimum atomic E-state index is -3.91. The van der Waals surface area contributed by atoms with Crippen LogP contribution in [-0.2, 0) is 14.8 Å². The van der Waals surface area contributed by atoms with Crippen LogP contribution < -0.4 is 16.0 Å². The first-order valence-corrected chi connectivity index (χ1v) is 13.9. The fraction of sp³-hybridized carbons (Fsp3) is 0.0385. The lowest BCUT2D eigenvalue weighted by Gasteiger charge is -2.14. The number of aromatic nitrogens is 2. The molecule has 0 unspecified atom stereocenters. The van der Waals surface area contributed by atoms with Gasteiger partial charge in [0, 0.05) is 0 Å². The SMILES string of the molecule is NS(=O)(=O)c1ccc(-n2c(SCC(=O)Nc3ccccc3Cl)nc3cc4ccccc4cc3c2=O)cc1. The Morgan fingerprint density at radius 2 is 1.62 bits per heavy atom. The first-order chi connectivity index (χ1) is 17.7. The summed E-state index contributed by atoms with van der Waals surface area (Å²) < 4.78 is 24.8. The minimum absolute atomic E-state index is 0.0496. The molecule has 0 aliphatic carbocycles. The van der Waals surface area contributed by atoms with Crippen LogP contribution in [0.1, 0.15) is 0 Å². The van der Waals surface area contributed by atoms with Gasteiger partial charge in [-0.1, -0.05) is 59.8 Å². The number of sulfonamides is 1. The quantitative estimate of drug-likeness (QED) is 0.181. The van der Waals surface area contributed by atoms with Crippen molar-refractivity contribution in [1.29, 1.82) is 0 Å². The average Bonchev–Trinajstić information content (AvgIpc) is 2.87. The second-order valence-electron chi connectivity index (χ2n) is 8.11. The van der Waals surface area contributed by atoms with Gasteiger partial charge in [-0.25, -0.2) is 18.5 Å². The number of nitrogens with one attached hydrogen (secondary N) is 1. The summed E-state index contributed by atoms with van der Waals surface area (Å²) in [5.74, 6) is -0.381. The lowest BCUT2D eigenvalue weighted by Crippen LogP contribution is -2.23. The molecule has 0 bridgehead atoms. The van der Waals surface area contributed by atoms with Gasteiger partial charge in [-0.15, -0.1) is 0 Å². The molecule has 0 atom stereocenters. The van der Waals surface area contributed by atoms with E-state index in [1.165, 1.54) is 28.8 Å². The highest BCUT2D eigenvalue weighted by atomic mass is 35.5. The van der Waals surface area contributed by atoms with Crippen LogP contribution in [0.4, 0.5) is 5.69 Å². The van der Waals surface area contributed by atoms with E-state index in [-0.39, 0.29) is 27.3 Å². The van der Waals surface area contributed by atoms with Crippen LogP contribution in [0.2, 0.25) is 5.02 Å². The first-order valence-electron chi connectivity index (χ1n) is 11.0. The van der Waals surface area contributed by atoms with E-state index in [2.05, 4.69) is 5.32 Å². The molecule has 0 spiro atoms. The summed E-state index contributed by atoms with van der Waals surface area (Å²) in [7, 11) is -3.91. The molecule has 1 heterocycles. The fourth-order valence-corrected chi connectivity index (χ4v) is 5.35. The molecule has 5 rings (SSSR count). The Labute approximate surface area is 221 Å². The Bertz CT molecular complexity index is 1840. The molecule has 0 saturated carbocycles. The second kappa shape index (κ2) is 9.98. The third-order valence-corrected chi connectivity index (χ3v) is 7.81. The number of nitrogens with zero attached hydrogens (tertiary/aromatic N) is 2. The summed E-state index contributed by atoms with van der Waals surface area (Å²) in [5, 5.41) is 10.8. The average molecular weight is 551 g/mol. The summed E-state index contributed by atoms with van der Waals surface area (Å²) in [4.78, 5) is 31.0. The van der Waals surface area contributed by atoms with Gasteiger partial charge in [0.1, 0.15) is 0 Å². The number of amides is 1. The van der Waals surface area contributed by atoms with E-state index in [1.807, 2.05) is 30.3 Å². The van der Waals surface area contributed by atoms with Crippen LogP contribution in [0.3, 0.4) is 0 Å². The molecule has 8 nitrogen and oxygen atoms in total. The number of anilines is 1. The van der Waals surface area contributed by atoms with Gasteiger partial charge in [0.2, 0.25) is 15.9 Å². The van der Waals surface area contributed by atoms with E-state index in [4.69, 9.17) is 21.7 Å². The summed E-state index contributed by atoms with van der Waals surface area (Å²) in [6, 6.07) is 23.7. The number of thioether (sulfide) groups is 1. The summed E-state index contributed by atoms with van der Waals surface area (Å²) in [6.07, 6.45) is 0. The number of para-hydroxylation sites is 1. The van der Waals surface area contributed by atoms with E-state index in [0.29, 0.717) is 27.3 Å². The van der Waals surface area contributed by atoms with Gasteiger partial charge in [-0.2, -0.15) is 0 Å². The summed E-state index contributed by atoms with van der Waals surface area (Å²) in [6.45, 7) is 0. The highest BCUT2D eigenvalue weighted by molar-refractivity contribution is 7.99. The third kappa shape index (κ3) is 5.23. The molecule has 0 aliphatic rings.